The standard InChI is InChI=1S/C31H39FN4O3/c1-4-21-9-7-10-22(19-32)28(21)24-18-26(35-29(24)25-11-5-6-14-33-25)30(39)34-23(17-27(37)38)12-16-36-15-8-13-31(2,3)20-36/h5-7,9-11,14,18,23,29H,4,8,12-13,15-17,19-20H2,1-3H3,(H,34,39)(H,37,38)/t23-,29?/m0/s1. The summed E-state index contributed by atoms with van der Waals surface area (Å²) in [7, 11) is 0. The number of benzene rings is 1. The van der Waals surface area contributed by atoms with Crippen molar-refractivity contribution >= 4 is 23.2 Å². The number of aliphatic imine (C=N–C) groups is 1. The zero-order chi connectivity index (χ0) is 28.0. The van der Waals surface area contributed by atoms with Gasteiger partial charge in [-0.15, -0.1) is 0 Å². The number of pyridine rings is 1. The lowest BCUT2D eigenvalue weighted by Crippen LogP contribution is -2.45. The van der Waals surface area contributed by atoms with Crippen LogP contribution >= 0.6 is 0 Å². The van der Waals surface area contributed by atoms with E-state index in [0.29, 0.717) is 24.1 Å². The van der Waals surface area contributed by atoms with Gasteiger partial charge in [-0.3, -0.25) is 19.6 Å². The highest BCUT2D eigenvalue weighted by Crippen LogP contribution is 2.40. The molecular weight excluding hydrogens is 495 g/mol. The Morgan fingerprint density at radius 1 is 1.21 bits per heavy atom. The number of nitrogens with zero attached hydrogens (tertiary/aromatic N) is 3. The maximum absolute atomic E-state index is 14.1. The number of rotatable bonds is 11. The number of carboxylic acid groups (broad SMARTS) is 1. The van der Waals surface area contributed by atoms with Gasteiger partial charge in [0.25, 0.3) is 5.91 Å². The molecule has 1 saturated heterocycles. The van der Waals surface area contributed by atoms with Crippen LogP contribution in [0.5, 0.6) is 0 Å². The van der Waals surface area contributed by atoms with E-state index in [1.165, 1.54) is 6.42 Å². The van der Waals surface area contributed by atoms with Gasteiger partial charge < -0.3 is 15.3 Å². The van der Waals surface area contributed by atoms with Gasteiger partial charge in [0.05, 0.1) is 12.1 Å². The first-order valence-corrected chi connectivity index (χ1v) is 13.8. The van der Waals surface area contributed by atoms with Crippen LogP contribution < -0.4 is 5.32 Å². The summed E-state index contributed by atoms with van der Waals surface area (Å²) in [5.74, 6) is -1.38. The topological polar surface area (TPSA) is 94.9 Å². The summed E-state index contributed by atoms with van der Waals surface area (Å²) >= 11 is 0. The SMILES string of the molecule is CCc1cccc(CF)c1C1=CC(C(=O)N[C@@H](CCN2CCCC(C)(C)C2)CC(=O)O)=NC1c1ccccn1. The van der Waals surface area contributed by atoms with E-state index in [-0.39, 0.29) is 17.5 Å². The molecule has 8 heteroatoms. The number of likely N-dealkylation sites (tertiary alicyclic amines) is 1. The largest absolute Gasteiger partial charge is 0.481 e. The Balaban J connectivity index is 1.59. The maximum atomic E-state index is 14.1. The highest BCUT2D eigenvalue weighted by molar-refractivity contribution is 6.45. The monoisotopic (exact) mass is 534 g/mol. The lowest BCUT2D eigenvalue weighted by molar-refractivity contribution is -0.137. The smallest absolute Gasteiger partial charge is 0.305 e. The van der Waals surface area contributed by atoms with Crippen molar-refractivity contribution in [3.8, 4) is 0 Å². The predicted molar refractivity (Wildman–Crippen MR) is 151 cm³/mol. The lowest BCUT2D eigenvalue weighted by Gasteiger charge is -2.38. The number of nitrogens with one attached hydrogen (secondary N) is 1. The Morgan fingerprint density at radius 3 is 2.67 bits per heavy atom. The van der Waals surface area contributed by atoms with Crippen LogP contribution in [0.25, 0.3) is 5.57 Å². The Hall–Kier alpha value is -3.39. The van der Waals surface area contributed by atoms with Crippen molar-refractivity contribution in [3.05, 3.63) is 71.1 Å². The number of aryl methyl sites for hydroxylation is 1. The van der Waals surface area contributed by atoms with Crippen LogP contribution in [-0.4, -0.2) is 58.3 Å². The number of aromatic nitrogens is 1. The molecule has 0 spiro atoms. The highest BCUT2D eigenvalue weighted by Gasteiger charge is 2.32. The Kier molecular flexibility index (Phi) is 9.28. The molecule has 1 unspecified atom stereocenters. The van der Waals surface area contributed by atoms with Crippen molar-refractivity contribution in [1.29, 1.82) is 0 Å². The van der Waals surface area contributed by atoms with E-state index >= 15 is 0 Å². The van der Waals surface area contributed by atoms with Gasteiger partial charge >= 0.3 is 5.97 Å². The first-order valence-electron chi connectivity index (χ1n) is 13.8. The van der Waals surface area contributed by atoms with Crippen LogP contribution in [0.2, 0.25) is 0 Å². The van der Waals surface area contributed by atoms with Gasteiger partial charge in [0.15, 0.2) is 0 Å². The molecule has 7 nitrogen and oxygen atoms in total. The van der Waals surface area contributed by atoms with Crippen molar-refractivity contribution in [3.63, 3.8) is 0 Å². The summed E-state index contributed by atoms with van der Waals surface area (Å²) < 4.78 is 14.1. The second kappa shape index (κ2) is 12.6. The van der Waals surface area contributed by atoms with Gasteiger partial charge in [-0.05, 0) is 78.1 Å². The van der Waals surface area contributed by atoms with Crippen LogP contribution in [-0.2, 0) is 22.7 Å². The van der Waals surface area contributed by atoms with E-state index in [0.717, 1.165) is 42.8 Å². The van der Waals surface area contributed by atoms with Gasteiger partial charge in [0.1, 0.15) is 18.4 Å². The molecule has 2 aromatic rings. The summed E-state index contributed by atoms with van der Waals surface area (Å²) in [5, 5.41) is 12.5. The second-order valence-corrected chi connectivity index (χ2v) is 11.3. The normalized spacial score (nSPS) is 19.7. The molecule has 2 atom stereocenters. The average Bonchev–Trinajstić information content (AvgIpc) is 3.36. The fourth-order valence-corrected chi connectivity index (χ4v) is 5.77. The molecule has 2 N–H and O–H groups in total. The van der Waals surface area contributed by atoms with E-state index in [4.69, 9.17) is 4.99 Å². The summed E-state index contributed by atoms with van der Waals surface area (Å²) in [5.41, 5.74) is 4.11. The van der Waals surface area contributed by atoms with E-state index in [2.05, 4.69) is 29.0 Å². The van der Waals surface area contributed by atoms with Gasteiger partial charge in [0, 0.05) is 25.3 Å². The number of alkyl halides is 1. The fraction of sp³-hybridized carbons (Fsp3) is 0.484. The van der Waals surface area contributed by atoms with Gasteiger partial charge in [-0.1, -0.05) is 45.0 Å². The van der Waals surface area contributed by atoms with Gasteiger partial charge in [0.2, 0.25) is 0 Å². The number of hydrogen-bond acceptors (Lipinski definition) is 5. The molecule has 1 fully saturated rings. The third-order valence-corrected chi connectivity index (χ3v) is 7.64. The Morgan fingerprint density at radius 2 is 2.00 bits per heavy atom. The van der Waals surface area contributed by atoms with Crippen LogP contribution in [0.15, 0.2) is 53.7 Å². The molecule has 3 heterocycles. The number of halogens is 1. The minimum Gasteiger partial charge on any atom is -0.481 e. The third kappa shape index (κ3) is 7.18. The summed E-state index contributed by atoms with van der Waals surface area (Å²) in [6, 6.07) is 10.0. The molecule has 1 amide bonds. The molecule has 208 valence electrons. The molecule has 0 radical (unpaired) electrons. The maximum Gasteiger partial charge on any atom is 0.305 e. The lowest BCUT2D eigenvalue weighted by atomic mass is 9.84. The van der Waals surface area contributed by atoms with Crippen LogP contribution in [0.1, 0.15) is 74.9 Å². The molecular formula is C31H39FN4O3. The number of hydrogen-bond donors (Lipinski definition) is 2. The van der Waals surface area contributed by atoms with Crippen molar-refractivity contribution in [2.45, 2.75) is 71.6 Å². The molecule has 0 bridgehead atoms. The van der Waals surface area contributed by atoms with Crippen LogP contribution in [0.3, 0.4) is 0 Å². The number of amides is 1. The molecule has 0 aliphatic carbocycles. The average molecular weight is 535 g/mol. The second-order valence-electron chi connectivity index (χ2n) is 11.3. The first kappa shape index (κ1) is 28.6. The summed E-state index contributed by atoms with van der Waals surface area (Å²) in [6.07, 6.45) is 6.75. The Bertz CT molecular complexity index is 1220. The quantitative estimate of drug-likeness (QED) is 0.415. The minimum atomic E-state index is -0.959. The van der Waals surface area contributed by atoms with Gasteiger partial charge in [-0.25, -0.2) is 4.39 Å². The molecule has 0 saturated carbocycles. The molecule has 39 heavy (non-hydrogen) atoms. The van der Waals surface area contributed by atoms with E-state index in [1.54, 1.807) is 18.3 Å². The zero-order valence-electron chi connectivity index (χ0n) is 23.1. The van der Waals surface area contributed by atoms with E-state index in [9.17, 15) is 19.1 Å². The molecule has 2 aliphatic heterocycles. The molecule has 2 aliphatic rings. The zero-order valence-corrected chi connectivity index (χ0v) is 23.1. The third-order valence-electron chi connectivity index (χ3n) is 7.64. The Labute approximate surface area is 230 Å². The fourth-order valence-electron chi connectivity index (χ4n) is 5.77. The molecule has 4 rings (SSSR count). The van der Waals surface area contributed by atoms with E-state index < -0.39 is 30.6 Å². The number of piperidine rings is 1. The number of carboxylic acids is 1. The summed E-state index contributed by atoms with van der Waals surface area (Å²) in [6.45, 7) is 8.54. The summed E-state index contributed by atoms with van der Waals surface area (Å²) in [4.78, 5) is 36.7. The van der Waals surface area contributed by atoms with Crippen LogP contribution in [0.4, 0.5) is 4.39 Å². The number of aliphatic carboxylic acids is 1. The van der Waals surface area contributed by atoms with Crippen molar-refractivity contribution in [1.82, 2.24) is 15.2 Å². The van der Waals surface area contributed by atoms with Crippen molar-refractivity contribution in [2.24, 2.45) is 10.4 Å². The number of carbonyl (C=O) groups excluding carboxylic acids is 1. The number of carbonyl (C=O) groups is 2. The predicted octanol–water partition coefficient (Wildman–Crippen LogP) is 5.16. The van der Waals surface area contributed by atoms with Gasteiger partial charge in [-0.2, -0.15) is 0 Å². The van der Waals surface area contributed by atoms with Crippen LogP contribution in [0, 0.1) is 5.41 Å². The van der Waals surface area contributed by atoms with Crippen molar-refractivity contribution in [2.75, 3.05) is 19.6 Å². The highest BCUT2D eigenvalue weighted by atomic mass is 19.1. The molecule has 1 aromatic heterocycles. The van der Waals surface area contributed by atoms with Crippen molar-refractivity contribution < 1.29 is 19.1 Å². The first-order chi connectivity index (χ1) is 18.7. The minimum absolute atomic E-state index is 0.166. The van der Waals surface area contributed by atoms with E-state index in [1.807, 2.05) is 37.3 Å². The molecule has 1 aromatic carbocycles.